The summed E-state index contributed by atoms with van der Waals surface area (Å²) in [5.74, 6) is -1.15. The lowest BCUT2D eigenvalue weighted by Crippen LogP contribution is -2.43. The number of carbonyl (C=O) groups excluding carboxylic acids is 1. The predicted octanol–water partition coefficient (Wildman–Crippen LogP) is 6.41. The van der Waals surface area contributed by atoms with Gasteiger partial charge in [-0.3, -0.25) is 14.7 Å². The van der Waals surface area contributed by atoms with Crippen LogP contribution in [0.5, 0.6) is 11.8 Å². The lowest BCUT2D eigenvalue weighted by atomic mass is 9.89. The molecule has 0 radical (unpaired) electrons. The molecule has 3 saturated heterocycles. The van der Waals surface area contributed by atoms with Gasteiger partial charge in [-0.25, -0.2) is 17.9 Å². The number of hydrogen-bond donors (Lipinski definition) is 1. The Morgan fingerprint density at radius 2 is 1.98 bits per heavy atom. The molecule has 1 unspecified atom stereocenters. The average molecular weight is 686 g/mol. The van der Waals surface area contributed by atoms with Gasteiger partial charge in [-0.15, -0.1) is 0 Å². The van der Waals surface area contributed by atoms with Crippen LogP contribution >= 0.6 is 0 Å². The summed E-state index contributed by atoms with van der Waals surface area (Å²) in [6, 6.07) is 7.47. The number of halogens is 3. The van der Waals surface area contributed by atoms with Crippen LogP contribution in [0.1, 0.15) is 55.6 Å². The Hall–Kier alpha value is -4.78. The van der Waals surface area contributed by atoms with Crippen molar-refractivity contribution in [2.45, 2.75) is 64.6 Å². The summed E-state index contributed by atoms with van der Waals surface area (Å²) in [5.41, 5.74) is -0.141. The Labute approximate surface area is 286 Å². The summed E-state index contributed by atoms with van der Waals surface area (Å²) >= 11 is 0. The van der Waals surface area contributed by atoms with Crippen LogP contribution < -0.4 is 9.64 Å². The van der Waals surface area contributed by atoms with Crippen molar-refractivity contribution in [1.82, 2.24) is 29.6 Å². The standard InChI is InChI=1S/C37H38F3N7O3/c1-4-25-28(39)7-6-22-14-24(48)15-26(29(22)25)31-30(40)32-27(17-41-31)33(45-13-10-36(3,19-45)34(49)47-12-8-21(2)44-47)43-35(42-32)50-20-37-9-5-11-46(37)18-23(38)16-37/h6-8,12,14-15,17,23,48H,4-5,9-11,13,16,18-20H2,1-3H3/t23-,36?,37+/m1/s1. The van der Waals surface area contributed by atoms with Gasteiger partial charge in [-0.05, 0) is 86.7 Å². The van der Waals surface area contributed by atoms with E-state index in [0.717, 1.165) is 25.1 Å². The number of fused-ring (bicyclic) bond motifs is 3. The highest BCUT2D eigenvalue weighted by Gasteiger charge is 2.49. The molecule has 13 heteroatoms. The van der Waals surface area contributed by atoms with E-state index in [2.05, 4.69) is 20.0 Å². The van der Waals surface area contributed by atoms with Crippen LogP contribution in [0, 0.1) is 24.0 Å². The number of phenols is 1. The fraction of sp³-hybridized carbons (Fsp3) is 0.432. The van der Waals surface area contributed by atoms with Crippen LogP contribution in [-0.4, -0.2) is 85.1 Å². The highest BCUT2D eigenvalue weighted by Crippen LogP contribution is 2.43. The van der Waals surface area contributed by atoms with E-state index >= 15 is 8.78 Å². The number of anilines is 1. The second-order valence-electron chi connectivity index (χ2n) is 14.3. The molecule has 3 aliphatic heterocycles. The molecule has 3 atom stereocenters. The molecule has 3 aromatic heterocycles. The number of aryl methyl sites for hydroxylation is 2. The third-order valence-corrected chi connectivity index (χ3v) is 10.9. The number of alkyl halides is 1. The molecule has 0 saturated carbocycles. The number of aromatic hydroxyl groups is 1. The number of benzene rings is 2. The molecule has 10 nitrogen and oxygen atoms in total. The van der Waals surface area contributed by atoms with Crippen molar-refractivity contribution in [2.24, 2.45) is 5.41 Å². The summed E-state index contributed by atoms with van der Waals surface area (Å²) < 4.78 is 54.2. The van der Waals surface area contributed by atoms with Gasteiger partial charge in [0.1, 0.15) is 41.4 Å². The fourth-order valence-corrected chi connectivity index (χ4v) is 8.32. The maximum atomic E-state index is 17.0. The highest BCUT2D eigenvalue weighted by atomic mass is 19.1. The van der Waals surface area contributed by atoms with Crippen LogP contribution in [0.15, 0.2) is 42.7 Å². The number of hydrogen-bond acceptors (Lipinski definition) is 9. The van der Waals surface area contributed by atoms with Gasteiger partial charge >= 0.3 is 6.01 Å². The minimum atomic E-state index is -0.952. The van der Waals surface area contributed by atoms with Gasteiger partial charge in [0, 0.05) is 44.0 Å². The van der Waals surface area contributed by atoms with E-state index in [4.69, 9.17) is 9.72 Å². The fourth-order valence-electron chi connectivity index (χ4n) is 8.32. The molecule has 2 aromatic carbocycles. The van der Waals surface area contributed by atoms with Gasteiger partial charge in [-0.1, -0.05) is 13.0 Å². The maximum Gasteiger partial charge on any atom is 0.319 e. The minimum Gasteiger partial charge on any atom is -0.508 e. The number of carbonyl (C=O) groups is 1. The quantitative estimate of drug-likeness (QED) is 0.208. The van der Waals surface area contributed by atoms with E-state index in [0.29, 0.717) is 59.9 Å². The highest BCUT2D eigenvalue weighted by molar-refractivity contribution is 6.02. The lowest BCUT2D eigenvalue weighted by Gasteiger charge is -2.31. The first-order chi connectivity index (χ1) is 24.0. The van der Waals surface area contributed by atoms with Crippen molar-refractivity contribution in [1.29, 1.82) is 0 Å². The Kier molecular flexibility index (Phi) is 7.73. The molecule has 1 N–H and O–H groups in total. The Morgan fingerprint density at radius 1 is 1.14 bits per heavy atom. The van der Waals surface area contributed by atoms with Crippen LogP contribution in [0.3, 0.4) is 0 Å². The molecule has 0 spiro atoms. The summed E-state index contributed by atoms with van der Waals surface area (Å²) in [7, 11) is 0. The molecule has 0 amide bonds. The average Bonchev–Trinajstić information content (AvgIpc) is 3.87. The molecule has 5 aromatic rings. The summed E-state index contributed by atoms with van der Waals surface area (Å²) in [5, 5.41) is 16.3. The second-order valence-corrected chi connectivity index (χ2v) is 14.3. The van der Waals surface area contributed by atoms with E-state index in [1.54, 1.807) is 18.3 Å². The molecule has 0 aliphatic carbocycles. The summed E-state index contributed by atoms with van der Waals surface area (Å²) in [6.45, 7) is 7.50. The number of phenolic OH excluding ortho intramolecular Hbond substituents is 1. The molecule has 50 heavy (non-hydrogen) atoms. The van der Waals surface area contributed by atoms with E-state index in [-0.39, 0.29) is 47.6 Å². The van der Waals surface area contributed by atoms with Crippen molar-refractivity contribution in [3.63, 3.8) is 0 Å². The van der Waals surface area contributed by atoms with Crippen LogP contribution in [0.25, 0.3) is 32.9 Å². The minimum absolute atomic E-state index is 0.0702. The number of rotatable bonds is 7. The zero-order chi connectivity index (χ0) is 34.9. The van der Waals surface area contributed by atoms with Gasteiger partial charge in [0.2, 0.25) is 0 Å². The van der Waals surface area contributed by atoms with E-state index in [1.165, 1.54) is 29.1 Å². The Bertz CT molecular complexity index is 2180. The van der Waals surface area contributed by atoms with E-state index < -0.39 is 28.8 Å². The van der Waals surface area contributed by atoms with Gasteiger partial charge in [0.25, 0.3) is 5.91 Å². The molecular formula is C37H38F3N7O3. The van der Waals surface area contributed by atoms with Crippen LogP contribution in [0.4, 0.5) is 19.0 Å². The largest absolute Gasteiger partial charge is 0.508 e. The van der Waals surface area contributed by atoms with Crippen molar-refractivity contribution in [3.05, 3.63) is 65.6 Å². The molecule has 260 valence electrons. The third-order valence-electron chi connectivity index (χ3n) is 10.9. The van der Waals surface area contributed by atoms with Crippen molar-refractivity contribution < 1.29 is 27.8 Å². The zero-order valence-electron chi connectivity index (χ0n) is 28.2. The van der Waals surface area contributed by atoms with Gasteiger partial charge in [0.05, 0.1) is 22.0 Å². The third kappa shape index (κ3) is 5.24. The number of aromatic nitrogens is 5. The second kappa shape index (κ2) is 11.9. The molecule has 6 heterocycles. The molecule has 3 aliphatic rings. The first-order valence-electron chi connectivity index (χ1n) is 17.1. The molecule has 3 fully saturated rings. The zero-order valence-corrected chi connectivity index (χ0v) is 28.2. The van der Waals surface area contributed by atoms with E-state index in [1.807, 2.05) is 25.7 Å². The first kappa shape index (κ1) is 32.4. The molecule has 0 bridgehead atoms. The summed E-state index contributed by atoms with van der Waals surface area (Å²) in [4.78, 5) is 31.5. The van der Waals surface area contributed by atoms with Crippen LogP contribution in [-0.2, 0) is 6.42 Å². The normalized spacial score (nSPS) is 23.7. The van der Waals surface area contributed by atoms with E-state index in [9.17, 15) is 14.3 Å². The van der Waals surface area contributed by atoms with Crippen molar-refractivity contribution in [3.8, 4) is 23.0 Å². The van der Waals surface area contributed by atoms with Gasteiger partial charge in [0.15, 0.2) is 5.82 Å². The molecular weight excluding hydrogens is 647 g/mol. The number of ether oxygens (including phenoxy) is 1. The SMILES string of the molecule is CCc1c(F)ccc2cc(O)cc(-c3ncc4c(N5CCC(C)(C(=O)n6ccc(C)n6)C5)nc(OC[C@@]56CCCN5C[C@H](F)C6)nc4c3F)c12. The summed E-state index contributed by atoms with van der Waals surface area (Å²) in [6.07, 6.45) is 5.05. The van der Waals surface area contributed by atoms with Crippen LogP contribution in [0.2, 0.25) is 0 Å². The lowest BCUT2D eigenvalue weighted by molar-refractivity contribution is 0.0730. The van der Waals surface area contributed by atoms with Gasteiger partial charge < -0.3 is 14.7 Å². The first-order valence-corrected chi connectivity index (χ1v) is 17.1. The van der Waals surface area contributed by atoms with Crippen molar-refractivity contribution in [2.75, 3.05) is 37.7 Å². The smallest absolute Gasteiger partial charge is 0.319 e. The Balaban J connectivity index is 1.25. The van der Waals surface area contributed by atoms with Gasteiger partial charge in [-0.2, -0.15) is 15.1 Å². The Morgan fingerprint density at radius 3 is 2.76 bits per heavy atom. The predicted molar refractivity (Wildman–Crippen MR) is 182 cm³/mol. The van der Waals surface area contributed by atoms with Crippen molar-refractivity contribution >= 4 is 33.4 Å². The monoisotopic (exact) mass is 685 g/mol. The number of nitrogens with zero attached hydrogens (tertiary/aromatic N) is 7. The molecule has 8 rings (SSSR count). The number of pyridine rings is 1. The topological polar surface area (TPSA) is 110 Å². The maximum absolute atomic E-state index is 17.0.